The van der Waals surface area contributed by atoms with Crippen LogP contribution < -0.4 is 4.74 Å². The van der Waals surface area contributed by atoms with Crippen molar-refractivity contribution in [2.24, 2.45) is 0 Å². The van der Waals surface area contributed by atoms with E-state index in [1.165, 1.54) is 10.4 Å². The largest absolute Gasteiger partial charge is 0.490 e. The molecular weight excluding hydrogens is 262 g/mol. The lowest BCUT2D eigenvalue weighted by atomic mass is 10.0. The summed E-state index contributed by atoms with van der Waals surface area (Å²) in [6.07, 6.45) is 0.540. The Morgan fingerprint density at radius 1 is 1.53 bits per heavy atom. The van der Waals surface area contributed by atoms with Gasteiger partial charge in [-0.15, -0.1) is 11.3 Å². The Morgan fingerprint density at radius 2 is 2.21 bits per heavy atom. The van der Waals surface area contributed by atoms with Gasteiger partial charge >= 0.3 is 6.09 Å². The number of fused-ring (bicyclic) bond motifs is 1. The van der Waals surface area contributed by atoms with Gasteiger partial charge in [0.15, 0.2) is 0 Å². The number of likely N-dealkylation sites (N-methyl/N-ethyl adjacent to an activating group) is 1. The molecule has 0 aliphatic carbocycles. The number of carbonyl (C=O) groups excluding carboxylic acids is 1. The Balaban J connectivity index is 2.04. The summed E-state index contributed by atoms with van der Waals surface area (Å²) in [6.45, 7) is 8.23. The molecule has 19 heavy (non-hydrogen) atoms. The molecule has 2 heterocycles. The number of nitrogens with zero attached hydrogens (tertiary/aromatic N) is 1. The molecule has 0 fully saturated rings. The van der Waals surface area contributed by atoms with Gasteiger partial charge in [-0.1, -0.05) is 0 Å². The molecule has 0 spiro atoms. The normalized spacial score (nSPS) is 18.5. The number of ether oxygens (including phenoxy) is 2. The van der Waals surface area contributed by atoms with E-state index in [-0.39, 0.29) is 12.1 Å². The number of aryl methyl sites for hydroxylation is 1. The predicted molar refractivity (Wildman–Crippen MR) is 76.0 cm³/mol. The maximum Gasteiger partial charge on any atom is 0.410 e. The SMILES string of the molecule is Cc1scc2c1CC(N(C)C(=O)OC(C)(C)C)CO2. The highest BCUT2D eigenvalue weighted by molar-refractivity contribution is 7.10. The average Bonchev–Trinajstić information content (AvgIpc) is 2.67. The molecule has 1 aliphatic heterocycles. The highest BCUT2D eigenvalue weighted by Crippen LogP contribution is 2.34. The lowest BCUT2D eigenvalue weighted by Crippen LogP contribution is -2.46. The van der Waals surface area contributed by atoms with Crippen molar-refractivity contribution in [3.05, 3.63) is 15.8 Å². The van der Waals surface area contributed by atoms with Gasteiger partial charge in [-0.2, -0.15) is 0 Å². The molecule has 5 heteroatoms. The van der Waals surface area contributed by atoms with Crippen molar-refractivity contribution >= 4 is 17.4 Å². The van der Waals surface area contributed by atoms with Gasteiger partial charge in [0.05, 0.1) is 6.04 Å². The Labute approximate surface area is 118 Å². The first kappa shape index (κ1) is 14.2. The molecule has 1 aliphatic rings. The Bertz CT molecular complexity index is 476. The highest BCUT2D eigenvalue weighted by Gasteiger charge is 2.30. The monoisotopic (exact) mass is 283 g/mol. The molecule has 4 nitrogen and oxygen atoms in total. The number of thiophene rings is 1. The van der Waals surface area contributed by atoms with E-state index in [0.717, 1.165) is 12.2 Å². The molecule has 0 radical (unpaired) electrons. The van der Waals surface area contributed by atoms with E-state index in [1.54, 1.807) is 23.3 Å². The maximum absolute atomic E-state index is 12.0. The quantitative estimate of drug-likeness (QED) is 0.794. The molecule has 0 saturated carbocycles. The van der Waals surface area contributed by atoms with Gasteiger partial charge in [0.1, 0.15) is 18.0 Å². The second-order valence-corrected chi connectivity index (χ2v) is 6.98. The molecule has 2 rings (SSSR count). The van der Waals surface area contributed by atoms with Gasteiger partial charge in [-0.3, -0.25) is 0 Å². The van der Waals surface area contributed by atoms with Crippen LogP contribution in [0.15, 0.2) is 5.38 Å². The summed E-state index contributed by atoms with van der Waals surface area (Å²) in [6, 6.07) is 0.0376. The van der Waals surface area contributed by atoms with Gasteiger partial charge in [0.2, 0.25) is 0 Å². The van der Waals surface area contributed by atoms with E-state index in [4.69, 9.17) is 9.47 Å². The van der Waals surface area contributed by atoms with Crippen molar-refractivity contribution in [2.45, 2.75) is 45.8 Å². The fraction of sp³-hybridized carbons (Fsp3) is 0.643. The fourth-order valence-corrected chi connectivity index (χ4v) is 2.86. The minimum Gasteiger partial charge on any atom is -0.490 e. The standard InChI is InChI=1S/C14H21NO3S/c1-9-11-6-10(7-17-12(11)8-19-9)15(5)13(16)18-14(2,3)4/h8,10H,6-7H2,1-5H3. The van der Waals surface area contributed by atoms with Crippen LogP contribution in [0, 0.1) is 6.92 Å². The number of rotatable bonds is 1. The van der Waals surface area contributed by atoms with Crippen LogP contribution >= 0.6 is 11.3 Å². The summed E-state index contributed by atoms with van der Waals surface area (Å²) >= 11 is 1.69. The molecular formula is C14H21NO3S. The summed E-state index contributed by atoms with van der Waals surface area (Å²) in [5.41, 5.74) is 0.751. The summed E-state index contributed by atoms with van der Waals surface area (Å²) in [7, 11) is 1.77. The molecule has 1 amide bonds. The topological polar surface area (TPSA) is 38.8 Å². The maximum atomic E-state index is 12.0. The first-order chi connectivity index (χ1) is 8.78. The third kappa shape index (κ3) is 3.21. The van der Waals surface area contributed by atoms with Gasteiger partial charge in [-0.05, 0) is 27.7 Å². The number of amides is 1. The van der Waals surface area contributed by atoms with Crippen LogP contribution in [-0.4, -0.2) is 36.3 Å². The zero-order chi connectivity index (χ0) is 14.2. The number of hydrogen-bond donors (Lipinski definition) is 0. The molecule has 1 atom stereocenters. The average molecular weight is 283 g/mol. The fourth-order valence-electron chi connectivity index (χ4n) is 2.04. The minimum absolute atomic E-state index is 0.0376. The molecule has 1 unspecified atom stereocenters. The molecule has 0 saturated heterocycles. The third-order valence-corrected chi connectivity index (χ3v) is 4.10. The van der Waals surface area contributed by atoms with Crippen LogP contribution in [0.2, 0.25) is 0 Å². The summed E-state index contributed by atoms with van der Waals surface area (Å²) in [4.78, 5) is 14.9. The van der Waals surface area contributed by atoms with Gasteiger partial charge < -0.3 is 14.4 Å². The van der Waals surface area contributed by atoms with E-state index in [2.05, 4.69) is 6.92 Å². The van der Waals surface area contributed by atoms with Crippen molar-refractivity contribution < 1.29 is 14.3 Å². The van der Waals surface area contributed by atoms with Crippen LogP contribution in [0.3, 0.4) is 0 Å². The predicted octanol–water partition coefficient (Wildman–Crippen LogP) is 3.23. The minimum atomic E-state index is -0.468. The van der Waals surface area contributed by atoms with Gasteiger partial charge in [0, 0.05) is 29.3 Å². The van der Waals surface area contributed by atoms with Crippen LogP contribution in [0.5, 0.6) is 5.75 Å². The second-order valence-electron chi connectivity index (χ2n) is 5.89. The van der Waals surface area contributed by atoms with E-state index in [9.17, 15) is 4.79 Å². The molecule has 0 aromatic carbocycles. The molecule has 0 N–H and O–H groups in total. The van der Waals surface area contributed by atoms with Gasteiger partial charge in [0.25, 0.3) is 0 Å². The number of hydrogen-bond acceptors (Lipinski definition) is 4. The van der Waals surface area contributed by atoms with Gasteiger partial charge in [-0.25, -0.2) is 4.79 Å². The molecule has 1 aromatic heterocycles. The zero-order valence-electron chi connectivity index (χ0n) is 12.1. The zero-order valence-corrected chi connectivity index (χ0v) is 13.0. The van der Waals surface area contributed by atoms with Crippen LogP contribution in [0.1, 0.15) is 31.2 Å². The van der Waals surface area contributed by atoms with E-state index in [0.29, 0.717) is 6.61 Å². The van der Waals surface area contributed by atoms with E-state index >= 15 is 0 Å². The number of carbonyl (C=O) groups is 1. The molecule has 106 valence electrons. The van der Waals surface area contributed by atoms with E-state index in [1.807, 2.05) is 26.2 Å². The highest BCUT2D eigenvalue weighted by atomic mass is 32.1. The Hall–Kier alpha value is -1.23. The lowest BCUT2D eigenvalue weighted by molar-refractivity contribution is 0.0159. The third-order valence-electron chi connectivity index (χ3n) is 3.17. The first-order valence-corrected chi connectivity index (χ1v) is 7.31. The van der Waals surface area contributed by atoms with Crippen molar-refractivity contribution in [2.75, 3.05) is 13.7 Å². The first-order valence-electron chi connectivity index (χ1n) is 6.43. The lowest BCUT2D eigenvalue weighted by Gasteiger charge is -2.33. The Morgan fingerprint density at radius 3 is 2.84 bits per heavy atom. The van der Waals surface area contributed by atoms with Crippen molar-refractivity contribution in [3.63, 3.8) is 0 Å². The summed E-state index contributed by atoms with van der Waals surface area (Å²) in [5, 5.41) is 2.04. The molecule has 0 bridgehead atoms. The Kier molecular flexibility index (Phi) is 3.76. The van der Waals surface area contributed by atoms with Crippen LogP contribution in [-0.2, 0) is 11.2 Å². The van der Waals surface area contributed by atoms with Crippen LogP contribution in [0.25, 0.3) is 0 Å². The van der Waals surface area contributed by atoms with Crippen molar-refractivity contribution in [1.29, 1.82) is 0 Å². The van der Waals surface area contributed by atoms with Crippen LogP contribution in [0.4, 0.5) is 4.79 Å². The summed E-state index contributed by atoms with van der Waals surface area (Å²) in [5.74, 6) is 0.969. The second kappa shape index (κ2) is 5.04. The molecule has 1 aromatic rings. The van der Waals surface area contributed by atoms with Crippen molar-refractivity contribution in [1.82, 2.24) is 4.90 Å². The smallest absolute Gasteiger partial charge is 0.410 e. The summed E-state index contributed by atoms with van der Waals surface area (Å²) < 4.78 is 11.1. The van der Waals surface area contributed by atoms with E-state index < -0.39 is 5.60 Å². The van der Waals surface area contributed by atoms with Crippen molar-refractivity contribution in [3.8, 4) is 5.75 Å².